The molecule has 0 amide bonds. The van der Waals surface area contributed by atoms with Crippen LogP contribution in [0.3, 0.4) is 0 Å². The lowest BCUT2D eigenvalue weighted by Crippen LogP contribution is -2.71. The lowest BCUT2D eigenvalue weighted by atomic mass is 9.62. The highest BCUT2D eigenvalue weighted by Gasteiger charge is 2.67. The minimum Gasteiger partial charge on any atom is -0.402 e. The first kappa shape index (κ1) is 22.1. The quantitative estimate of drug-likeness (QED) is 0.617. The fraction of sp³-hybridized carbons (Fsp3) is 0.536. The molecule has 4 heteroatoms. The molecule has 2 heterocycles. The van der Waals surface area contributed by atoms with Crippen LogP contribution in [0, 0.1) is 5.41 Å². The Morgan fingerprint density at radius 3 is 2.12 bits per heavy atom. The molecule has 32 heavy (non-hydrogen) atoms. The van der Waals surface area contributed by atoms with Gasteiger partial charge >= 0.3 is 0 Å². The van der Waals surface area contributed by atoms with Crippen molar-refractivity contribution in [2.75, 3.05) is 0 Å². The molecule has 3 fully saturated rings. The minimum atomic E-state index is -2.67. The third kappa shape index (κ3) is 3.10. The summed E-state index contributed by atoms with van der Waals surface area (Å²) in [5, 5.41) is 2.55. The number of ketones is 1. The largest absolute Gasteiger partial charge is 0.402 e. The standard InChI is InChI=1S/C28H36O3Si/c1-26(2,3)32(21-12-7-5-8-13-21,22-14-9-6-10-15-22)31-25-16-11-18-27(4)20-24-23(29)17-19-28(25,27)30-24/h5-10,12-15,24-25H,11,16-20H2,1-4H3/t24-,25+,27+,28+/m1/s1. The Balaban J connectivity index is 1.66. The Morgan fingerprint density at radius 1 is 0.969 bits per heavy atom. The Morgan fingerprint density at radius 2 is 1.56 bits per heavy atom. The second-order valence-corrected chi connectivity index (χ2v) is 15.6. The fourth-order valence-corrected chi connectivity index (χ4v) is 11.7. The van der Waals surface area contributed by atoms with Crippen molar-refractivity contribution >= 4 is 24.5 Å². The minimum absolute atomic E-state index is 0.00524. The topological polar surface area (TPSA) is 35.5 Å². The smallest absolute Gasteiger partial charge is 0.261 e. The summed E-state index contributed by atoms with van der Waals surface area (Å²) in [5.74, 6) is 0.287. The van der Waals surface area contributed by atoms with Crippen LogP contribution in [0.15, 0.2) is 60.7 Å². The van der Waals surface area contributed by atoms with Crippen molar-refractivity contribution in [2.24, 2.45) is 5.41 Å². The monoisotopic (exact) mass is 448 g/mol. The van der Waals surface area contributed by atoms with Gasteiger partial charge in [0.1, 0.15) is 6.10 Å². The predicted octanol–water partition coefficient (Wildman–Crippen LogP) is 5.01. The number of carbonyl (C=O) groups is 1. The van der Waals surface area contributed by atoms with Gasteiger partial charge in [0.2, 0.25) is 0 Å². The van der Waals surface area contributed by atoms with Gasteiger partial charge in [0.15, 0.2) is 5.78 Å². The molecule has 1 saturated carbocycles. The summed E-state index contributed by atoms with van der Waals surface area (Å²) >= 11 is 0. The maximum absolute atomic E-state index is 12.6. The SMILES string of the molecule is CC(C)(C)[Si](O[C@H]1CCC[C@@]2(C)C[C@H]3O[C@@]12CCC3=O)(c1ccccc1)c1ccccc1. The molecule has 2 aliphatic heterocycles. The highest BCUT2D eigenvalue weighted by Crippen LogP contribution is 2.61. The van der Waals surface area contributed by atoms with E-state index in [9.17, 15) is 4.79 Å². The first-order valence-electron chi connectivity index (χ1n) is 12.2. The summed E-state index contributed by atoms with van der Waals surface area (Å²) in [5.41, 5.74) is -0.338. The summed E-state index contributed by atoms with van der Waals surface area (Å²) in [4.78, 5) is 12.6. The predicted molar refractivity (Wildman–Crippen MR) is 131 cm³/mol. The number of rotatable bonds is 4. The maximum atomic E-state index is 12.6. The molecule has 3 aliphatic rings. The highest BCUT2D eigenvalue weighted by molar-refractivity contribution is 6.99. The van der Waals surface area contributed by atoms with Crippen molar-refractivity contribution in [3.05, 3.63) is 60.7 Å². The summed E-state index contributed by atoms with van der Waals surface area (Å²) < 4.78 is 14.3. The van der Waals surface area contributed by atoms with Gasteiger partial charge in [0.25, 0.3) is 8.32 Å². The maximum Gasteiger partial charge on any atom is 0.261 e. The van der Waals surface area contributed by atoms with Gasteiger partial charge in [-0.05, 0) is 41.1 Å². The molecule has 2 aromatic carbocycles. The number of fused-ring (bicyclic) bond motifs is 1. The fourth-order valence-electron chi connectivity index (χ4n) is 6.94. The summed E-state index contributed by atoms with van der Waals surface area (Å²) in [6, 6.07) is 21.8. The van der Waals surface area contributed by atoms with E-state index in [-0.39, 0.29) is 34.0 Å². The average Bonchev–Trinajstić information content (AvgIpc) is 3.04. The molecule has 0 aromatic heterocycles. The van der Waals surface area contributed by atoms with E-state index in [1.807, 2.05) is 0 Å². The number of benzene rings is 2. The number of hydrogen-bond donors (Lipinski definition) is 0. The van der Waals surface area contributed by atoms with E-state index in [1.165, 1.54) is 10.4 Å². The number of hydrogen-bond acceptors (Lipinski definition) is 3. The van der Waals surface area contributed by atoms with Crippen molar-refractivity contribution in [3.8, 4) is 0 Å². The molecule has 2 bridgehead atoms. The normalized spacial score (nSPS) is 32.6. The van der Waals surface area contributed by atoms with E-state index in [0.29, 0.717) is 6.42 Å². The van der Waals surface area contributed by atoms with Crippen molar-refractivity contribution in [2.45, 2.75) is 89.1 Å². The molecule has 0 radical (unpaired) electrons. The Bertz CT molecular complexity index is 943. The molecule has 1 aliphatic carbocycles. The molecule has 3 nitrogen and oxygen atoms in total. The zero-order valence-corrected chi connectivity index (χ0v) is 20.9. The number of Topliss-reactive ketones (excluding diaryl/α,β-unsaturated/α-hetero) is 1. The van der Waals surface area contributed by atoms with Crippen LogP contribution in [-0.2, 0) is 14.0 Å². The van der Waals surface area contributed by atoms with Crippen LogP contribution in [-0.4, -0.2) is 31.9 Å². The van der Waals surface area contributed by atoms with Gasteiger partial charge in [-0.25, -0.2) is 0 Å². The first-order valence-corrected chi connectivity index (χ1v) is 14.1. The molecule has 2 aromatic rings. The highest BCUT2D eigenvalue weighted by atomic mass is 28.4. The van der Waals surface area contributed by atoms with Crippen LogP contribution in [0.4, 0.5) is 0 Å². The number of carbonyl (C=O) groups excluding carboxylic acids is 1. The lowest BCUT2D eigenvalue weighted by Gasteiger charge is -2.55. The number of ether oxygens (including phenoxy) is 1. The van der Waals surface area contributed by atoms with Crippen molar-refractivity contribution < 1.29 is 14.0 Å². The Hall–Kier alpha value is -1.75. The van der Waals surface area contributed by atoms with Gasteiger partial charge in [0, 0.05) is 11.8 Å². The van der Waals surface area contributed by atoms with Gasteiger partial charge in [-0.15, -0.1) is 0 Å². The Labute approximate surface area is 193 Å². The Kier molecular flexibility index (Phi) is 5.27. The molecule has 5 rings (SSSR count). The van der Waals surface area contributed by atoms with Gasteiger partial charge < -0.3 is 9.16 Å². The van der Waals surface area contributed by atoms with E-state index in [4.69, 9.17) is 9.16 Å². The van der Waals surface area contributed by atoms with E-state index >= 15 is 0 Å². The van der Waals surface area contributed by atoms with Gasteiger partial charge in [-0.2, -0.15) is 0 Å². The second-order valence-electron chi connectivity index (χ2n) is 11.4. The molecular weight excluding hydrogens is 412 g/mol. The summed E-state index contributed by atoms with van der Waals surface area (Å²) in [6.07, 6.45) is 5.29. The molecule has 2 saturated heterocycles. The molecular formula is C28H36O3Si. The van der Waals surface area contributed by atoms with Gasteiger partial charge in [-0.3, -0.25) is 4.79 Å². The second kappa shape index (κ2) is 7.65. The first-order chi connectivity index (χ1) is 15.2. The van der Waals surface area contributed by atoms with Crippen LogP contribution in [0.5, 0.6) is 0 Å². The zero-order chi connectivity index (χ0) is 22.6. The third-order valence-corrected chi connectivity index (χ3v) is 13.6. The van der Waals surface area contributed by atoms with Crippen LogP contribution >= 0.6 is 0 Å². The molecule has 4 atom stereocenters. The van der Waals surface area contributed by atoms with Crippen LogP contribution in [0.2, 0.25) is 5.04 Å². The van der Waals surface area contributed by atoms with E-state index in [1.54, 1.807) is 0 Å². The van der Waals surface area contributed by atoms with Crippen LogP contribution in [0.25, 0.3) is 0 Å². The lowest BCUT2D eigenvalue weighted by molar-refractivity contribution is -0.190. The van der Waals surface area contributed by atoms with Crippen molar-refractivity contribution in [1.29, 1.82) is 0 Å². The van der Waals surface area contributed by atoms with E-state index in [2.05, 4.69) is 88.4 Å². The van der Waals surface area contributed by atoms with E-state index in [0.717, 1.165) is 32.1 Å². The average molecular weight is 449 g/mol. The molecule has 1 spiro atoms. The van der Waals surface area contributed by atoms with Gasteiger partial charge in [-0.1, -0.05) is 94.8 Å². The van der Waals surface area contributed by atoms with Gasteiger partial charge in [0.05, 0.1) is 11.7 Å². The molecule has 0 N–H and O–H groups in total. The molecule has 170 valence electrons. The van der Waals surface area contributed by atoms with E-state index < -0.39 is 8.32 Å². The summed E-state index contributed by atoms with van der Waals surface area (Å²) in [7, 11) is -2.67. The van der Waals surface area contributed by atoms with Crippen LogP contribution in [0.1, 0.15) is 66.2 Å². The zero-order valence-electron chi connectivity index (χ0n) is 19.9. The van der Waals surface area contributed by atoms with Crippen molar-refractivity contribution in [3.63, 3.8) is 0 Å². The third-order valence-electron chi connectivity index (χ3n) is 8.56. The molecule has 0 unspecified atom stereocenters. The summed E-state index contributed by atoms with van der Waals surface area (Å²) in [6.45, 7) is 9.36. The van der Waals surface area contributed by atoms with Crippen LogP contribution < -0.4 is 10.4 Å². The van der Waals surface area contributed by atoms with Crippen molar-refractivity contribution in [1.82, 2.24) is 0 Å².